The average molecular weight is 277 g/mol. The largest absolute Gasteiger partial charge is 0.396 e. The van der Waals surface area contributed by atoms with Gasteiger partial charge in [0.2, 0.25) is 0 Å². The van der Waals surface area contributed by atoms with Crippen LogP contribution in [0.2, 0.25) is 5.02 Å². The summed E-state index contributed by atoms with van der Waals surface area (Å²) in [4.78, 5) is 0.323. The Morgan fingerprint density at radius 1 is 1.00 bits per heavy atom. The molecular weight excluding hydrogens is 260 g/mol. The van der Waals surface area contributed by atoms with Crippen molar-refractivity contribution in [3.63, 3.8) is 0 Å². The van der Waals surface area contributed by atoms with Gasteiger partial charge in [-0.1, -0.05) is 24.4 Å². The molecule has 0 aliphatic carbocycles. The van der Waals surface area contributed by atoms with Crippen molar-refractivity contribution in [2.75, 3.05) is 12.4 Å². The van der Waals surface area contributed by atoms with Crippen molar-refractivity contribution >= 4 is 21.4 Å². The number of aliphatic hydroxyl groups excluding tert-OH is 1. The number of hydrogen-bond donors (Lipinski definition) is 1. The fourth-order valence-electron chi connectivity index (χ4n) is 1.52. The second kappa shape index (κ2) is 6.99. The molecule has 1 N–H and O–H groups in total. The summed E-state index contributed by atoms with van der Waals surface area (Å²) in [7, 11) is -3.19. The SMILES string of the molecule is O=S(=O)(CCCCCCO)c1ccc(Cl)cc1. The van der Waals surface area contributed by atoms with Crippen LogP contribution < -0.4 is 0 Å². The van der Waals surface area contributed by atoms with Gasteiger partial charge in [0.05, 0.1) is 10.6 Å². The number of rotatable bonds is 7. The zero-order valence-electron chi connectivity index (χ0n) is 9.60. The van der Waals surface area contributed by atoms with Gasteiger partial charge in [0, 0.05) is 11.6 Å². The zero-order chi connectivity index (χ0) is 12.7. The maximum absolute atomic E-state index is 11.9. The van der Waals surface area contributed by atoms with E-state index in [1.807, 2.05) is 0 Å². The van der Waals surface area contributed by atoms with Crippen molar-refractivity contribution in [3.8, 4) is 0 Å². The smallest absolute Gasteiger partial charge is 0.178 e. The molecule has 96 valence electrons. The minimum absolute atomic E-state index is 0.153. The molecule has 0 radical (unpaired) electrons. The highest BCUT2D eigenvalue weighted by Crippen LogP contribution is 2.16. The van der Waals surface area contributed by atoms with Gasteiger partial charge < -0.3 is 5.11 Å². The molecule has 0 saturated carbocycles. The van der Waals surface area contributed by atoms with Crippen LogP contribution >= 0.6 is 11.6 Å². The summed E-state index contributed by atoms with van der Waals surface area (Å²) in [5, 5.41) is 9.13. The maximum atomic E-state index is 11.9. The molecule has 1 rings (SSSR count). The van der Waals surface area contributed by atoms with Gasteiger partial charge in [0.1, 0.15) is 0 Å². The van der Waals surface area contributed by atoms with E-state index in [9.17, 15) is 8.42 Å². The van der Waals surface area contributed by atoms with Crippen molar-refractivity contribution in [2.45, 2.75) is 30.6 Å². The lowest BCUT2D eigenvalue weighted by atomic mass is 10.2. The monoisotopic (exact) mass is 276 g/mol. The second-order valence-corrected chi connectivity index (χ2v) is 6.46. The molecule has 0 aliphatic rings. The molecule has 0 atom stereocenters. The molecule has 0 amide bonds. The highest BCUT2D eigenvalue weighted by molar-refractivity contribution is 7.91. The third kappa shape index (κ3) is 5.06. The first-order valence-corrected chi connectivity index (χ1v) is 7.68. The Hall–Kier alpha value is -0.580. The van der Waals surface area contributed by atoms with E-state index >= 15 is 0 Å². The topological polar surface area (TPSA) is 54.4 Å². The van der Waals surface area contributed by atoms with Crippen molar-refractivity contribution in [1.82, 2.24) is 0 Å². The maximum Gasteiger partial charge on any atom is 0.178 e. The van der Waals surface area contributed by atoms with Crippen LogP contribution in [0.5, 0.6) is 0 Å². The molecule has 0 heterocycles. The lowest BCUT2D eigenvalue weighted by Gasteiger charge is -2.04. The van der Waals surface area contributed by atoms with E-state index in [1.54, 1.807) is 12.1 Å². The number of aliphatic hydroxyl groups is 1. The molecule has 0 bridgehead atoms. The number of halogens is 1. The van der Waals surface area contributed by atoms with Crippen LogP contribution in [-0.2, 0) is 9.84 Å². The Kier molecular flexibility index (Phi) is 5.95. The summed E-state index contributed by atoms with van der Waals surface area (Å²) in [5.41, 5.74) is 0. The standard InChI is InChI=1S/C12H17ClO3S/c13-11-5-7-12(8-6-11)17(15,16)10-4-2-1-3-9-14/h5-8,14H,1-4,9-10H2. The Balaban J connectivity index is 2.48. The Bertz CT molecular complexity index is 426. The van der Waals surface area contributed by atoms with Gasteiger partial charge in [-0.2, -0.15) is 0 Å². The van der Waals surface area contributed by atoms with E-state index in [4.69, 9.17) is 16.7 Å². The zero-order valence-corrected chi connectivity index (χ0v) is 11.2. The van der Waals surface area contributed by atoms with Gasteiger partial charge in [0.25, 0.3) is 0 Å². The Morgan fingerprint density at radius 3 is 2.18 bits per heavy atom. The van der Waals surface area contributed by atoms with E-state index < -0.39 is 9.84 Å². The van der Waals surface area contributed by atoms with E-state index in [2.05, 4.69) is 0 Å². The summed E-state index contributed by atoms with van der Waals surface area (Å²) >= 11 is 5.70. The molecular formula is C12H17ClO3S. The van der Waals surface area contributed by atoms with Gasteiger partial charge >= 0.3 is 0 Å². The van der Waals surface area contributed by atoms with Crippen LogP contribution in [-0.4, -0.2) is 25.9 Å². The van der Waals surface area contributed by atoms with Crippen LogP contribution in [0, 0.1) is 0 Å². The molecule has 5 heteroatoms. The minimum Gasteiger partial charge on any atom is -0.396 e. The van der Waals surface area contributed by atoms with E-state index in [-0.39, 0.29) is 12.4 Å². The van der Waals surface area contributed by atoms with E-state index in [0.717, 1.165) is 19.3 Å². The Labute approximate surface area is 107 Å². The Morgan fingerprint density at radius 2 is 1.59 bits per heavy atom. The summed E-state index contributed by atoms with van der Waals surface area (Å²) < 4.78 is 23.8. The molecule has 0 aliphatic heterocycles. The summed E-state index contributed by atoms with van der Waals surface area (Å²) in [6, 6.07) is 6.23. The highest BCUT2D eigenvalue weighted by atomic mass is 35.5. The van der Waals surface area contributed by atoms with Gasteiger partial charge in [-0.15, -0.1) is 0 Å². The van der Waals surface area contributed by atoms with Gasteiger partial charge in [-0.25, -0.2) is 8.42 Å². The van der Waals surface area contributed by atoms with E-state index in [0.29, 0.717) is 16.3 Å². The van der Waals surface area contributed by atoms with Crippen LogP contribution in [0.3, 0.4) is 0 Å². The minimum atomic E-state index is -3.19. The predicted molar refractivity (Wildman–Crippen MR) is 69.1 cm³/mol. The highest BCUT2D eigenvalue weighted by Gasteiger charge is 2.13. The molecule has 1 aromatic carbocycles. The number of sulfone groups is 1. The number of hydrogen-bond acceptors (Lipinski definition) is 3. The molecule has 0 saturated heterocycles. The first-order chi connectivity index (χ1) is 8.06. The average Bonchev–Trinajstić information content (AvgIpc) is 2.29. The second-order valence-electron chi connectivity index (χ2n) is 3.91. The molecule has 0 spiro atoms. The normalized spacial score (nSPS) is 11.6. The summed E-state index contributed by atoms with van der Waals surface area (Å²) in [6.45, 7) is 0.171. The van der Waals surface area contributed by atoms with Crippen LogP contribution in [0.4, 0.5) is 0 Å². The predicted octanol–water partition coefficient (Wildman–Crippen LogP) is 2.67. The van der Waals surface area contributed by atoms with E-state index in [1.165, 1.54) is 12.1 Å². The molecule has 0 fully saturated rings. The number of unbranched alkanes of at least 4 members (excludes halogenated alkanes) is 3. The van der Waals surface area contributed by atoms with Crippen molar-refractivity contribution in [1.29, 1.82) is 0 Å². The molecule has 3 nitrogen and oxygen atoms in total. The van der Waals surface area contributed by atoms with Gasteiger partial charge in [-0.05, 0) is 37.1 Å². The van der Waals surface area contributed by atoms with Crippen molar-refractivity contribution in [3.05, 3.63) is 29.3 Å². The molecule has 1 aromatic rings. The van der Waals surface area contributed by atoms with Gasteiger partial charge in [0.15, 0.2) is 9.84 Å². The molecule has 0 unspecified atom stereocenters. The van der Waals surface area contributed by atoms with Crippen LogP contribution in [0.25, 0.3) is 0 Å². The fourth-order valence-corrected chi connectivity index (χ4v) is 3.01. The molecule has 17 heavy (non-hydrogen) atoms. The lowest BCUT2D eigenvalue weighted by Crippen LogP contribution is -2.06. The lowest BCUT2D eigenvalue weighted by molar-refractivity contribution is 0.283. The third-order valence-electron chi connectivity index (χ3n) is 2.49. The van der Waals surface area contributed by atoms with Gasteiger partial charge in [-0.3, -0.25) is 0 Å². The quantitative estimate of drug-likeness (QED) is 0.779. The number of benzene rings is 1. The molecule has 0 aromatic heterocycles. The first kappa shape index (κ1) is 14.5. The van der Waals surface area contributed by atoms with Crippen LogP contribution in [0.15, 0.2) is 29.2 Å². The summed E-state index contributed by atoms with van der Waals surface area (Å²) in [5.74, 6) is 0.153. The van der Waals surface area contributed by atoms with Crippen LogP contribution in [0.1, 0.15) is 25.7 Å². The third-order valence-corrected chi connectivity index (χ3v) is 4.56. The summed E-state index contributed by atoms with van der Waals surface area (Å²) in [6.07, 6.45) is 3.06. The fraction of sp³-hybridized carbons (Fsp3) is 0.500. The first-order valence-electron chi connectivity index (χ1n) is 5.65. The van der Waals surface area contributed by atoms with Crippen molar-refractivity contribution in [2.24, 2.45) is 0 Å². The van der Waals surface area contributed by atoms with Crippen molar-refractivity contribution < 1.29 is 13.5 Å².